The van der Waals surface area contributed by atoms with E-state index < -0.39 is 0 Å². The van der Waals surface area contributed by atoms with Crippen molar-refractivity contribution in [3.05, 3.63) is 23.8 Å². The van der Waals surface area contributed by atoms with E-state index in [1.807, 2.05) is 6.07 Å². The second kappa shape index (κ2) is 5.19. The molecule has 0 aromatic heterocycles. The van der Waals surface area contributed by atoms with Gasteiger partial charge in [-0.25, -0.2) is 0 Å². The number of hydrogen-bond acceptors (Lipinski definition) is 3. The quantitative estimate of drug-likeness (QED) is 0.704. The molecule has 0 atom stereocenters. The van der Waals surface area contributed by atoms with Crippen LogP contribution in [0.1, 0.15) is 39.2 Å². The molecule has 3 nitrogen and oxygen atoms in total. The summed E-state index contributed by atoms with van der Waals surface area (Å²) < 4.78 is 0. The Morgan fingerprint density at radius 2 is 1.89 bits per heavy atom. The van der Waals surface area contributed by atoms with E-state index in [-0.39, 0.29) is 5.41 Å². The highest BCUT2D eigenvalue weighted by atomic mass is 15.0. The normalized spacial score (nSPS) is 17.7. The first kappa shape index (κ1) is 13.2. The van der Waals surface area contributed by atoms with Crippen LogP contribution in [0.3, 0.4) is 0 Å². The van der Waals surface area contributed by atoms with Crippen molar-refractivity contribution in [2.75, 3.05) is 24.1 Å². The van der Waals surface area contributed by atoms with Crippen molar-refractivity contribution < 1.29 is 0 Å². The Kier molecular flexibility index (Phi) is 3.81. The maximum Gasteiger partial charge on any atom is 0.0579 e. The molecule has 1 aliphatic rings. The van der Waals surface area contributed by atoms with Gasteiger partial charge in [0.1, 0.15) is 0 Å². The first-order valence-electron chi connectivity index (χ1n) is 6.84. The van der Waals surface area contributed by atoms with Crippen LogP contribution in [0.2, 0.25) is 0 Å². The van der Waals surface area contributed by atoms with E-state index in [1.54, 1.807) is 0 Å². The van der Waals surface area contributed by atoms with Gasteiger partial charge < -0.3 is 16.4 Å². The molecule has 2 rings (SSSR count). The summed E-state index contributed by atoms with van der Waals surface area (Å²) in [5.74, 6) is 0. The molecule has 1 aromatic rings. The Morgan fingerprint density at radius 3 is 2.50 bits per heavy atom. The number of benzene rings is 1. The molecule has 0 spiro atoms. The van der Waals surface area contributed by atoms with Gasteiger partial charge in [0.05, 0.1) is 11.4 Å². The Bertz CT molecular complexity index is 401. The highest BCUT2D eigenvalue weighted by Gasteiger charge is 2.17. The molecule has 1 aromatic carbocycles. The van der Waals surface area contributed by atoms with Crippen molar-refractivity contribution in [3.8, 4) is 0 Å². The minimum absolute atomic E-state index is 0.165. The van der Waals surface area contributed by atoms with Crippen molar-refractivity contribution in [1.29, 1.82) is 0 Å². The molecule has 100 valence electrons. The molecule has 1 fully saturated rings. The lowest BCUT2D eigenvalue weighted by Gasteiger charge is -2.27. The van der Waals surface area contributed by atoms with Crippen LogP contribution in [0.4, 0.5) is 11.4 Å². The zero-order valence-electron chi connectivity index (χ0n) is 11.7. The number of nitrogen functional groups attached to an aromatic ring is 1. The fraction of sp³-hybridized carbons (Fsp3) is 0.600. The Balaban J connectivity index is 2.15. The van der Waals surface area contributed by atoms with Crippen molar-refractivity contribution >= 4 is 11.4 Å². The summed E-state index contributed by atoms with van der Waals surface area (Å²) in [6, 6.07) is 6.90. The summed E-state index contributed by atoms with van der Waals surface area (Å²) in [6.07, 6.45) is 2.33. The van der Waals surface area contributed by atoms with E-state index >= 15 is 0 Å². The van der Waals surface area contributed by atoms with Crippen molar-refractivity contribution in [2.24, 2.45) is 0 Å². The van der Waals surface area contributed by atoms with Gasteiger partial charge in [0.2, 0.25) is 0 Å². The van der Waals surface area contributed by atoms with Gasteiger partial charge in [-0.15, -0.1) is 0 Å². The first-order valence-corrected chi connectivity index (χ1v) is 6.84. The number of hydrogen-bond donors (Lipinski definition) is 3. The predicted octanol–water partition coefficient (Wildman–Crippen LogP) is 2.73. The van der Waals surface area contributed by atoms with Gasteiger partial charge in [0, 0.05) is 6.04 Å². The zero-order valence-corrected chi connectivity index (χ0v) is 11.7. The maximum absolute atomic E-state index is 6.07. The van der Waals surface area contributed by atoms with E-state index in [0.717, 1.165) is 24.5 Å². The average molecular weight is 247 g/mol. The van der Waals surface area contributed by atoms with E-state index in [0.29, 0.717) is 6.04 Å². The zero-order chi connectivity index (χ0) is 13.2. The van der Waals surface area contributed by atoms with Crippen LogP contribution < -0.4 is 16.4 Å². The summed E-state index contributed by atoms with van der Waals surface area (Å²) in [7, 11) is 0. The standard InChI is InChI=1S/C15H25N3/c1-15(2,3)11-4-5-13(16)14(10-11)18-12-6-8-17-9-7-12/h4-5,10,12,17-18H,6-9,16H2,1-3H3. The third-order valence-electron chi connectivity index (χ3n) is 3.62. The fourth-order valence-electron chi connectivity index (χ4n) is 2.33. The van der Waals surface area contributed by atoms with E-state index in [4.69, 9.17) is 5.73 Å². The van der Waals surface area contributed by atoms with Gasteiger partial charge in [-0.1, -0.05) is 26.8 Å². The average Bonchev–Trinajstić information content (AvgIpc) is 2.32. The van der Waals surface area contributed by atoms with Crippen LogP contribution in [-0.2, 0) is 5.41 Å². The smallest absolute Gasteiger partial charge is 0.0579 e. The number of anilines is 2. The Morgan fingerprint density at radius 1 is 1.22 bits per heavy atom. The lowest BCUT2D eigenvalue weighted by molar-refractivity contribution is 0.479. The Hall–Kier alpha value is -1.22. The number of nitrogens with one attached hydrogen (secondary N) is 2. The van der Waals surface area contributed by atoms with Gasteiger partial charge >= 0.3 is 0 Å². The predicted molar refractivity (Wildman–Crippen MR) is 79.1 cm³/mol. The van der Waals surface area contributed by atoms with E-state index in [9.17, 15) is 0 Å². The topological polar surface area (TPSA) is 50.1 Å². The van der Waals surface area contributed by atoms with Gasteiger partial charge in [-0.3, -0.25) is 0 Å². The molecular weight excluding hydrogens is 222 g/mol. The van der Waals surface area contributed by atoms with Crippen LogP contribution in [0.25, 0.3) is 0 Å². The van der Waals surface area contributed by atoms with Gasteiger partial charge in [-0.2, -0.15) is 0 Å². The van der Waals surface area contributed by atoms with E-state index in [1.165, 1.54) is 18.4 Å². The molecule has 1 heterocycles. The molecule has 4 N–H and O–H groups in total. The summed E-state index contributed by atoms with van der Waals surface area (Å²) >= 11 is 0. The lowest BCUT2D eigenvalue weighted by atomic mass is 9.86. The van der Waals surface area contributed by atoms with E-state index in [2.05, 4.69) is 43.5 Å². The van der Waals surface area contributed by atoms with Crippen LogP contribution in [0, 0.1) is 0 Å². The van der Waals surface area contributed by atoms with Crippen molar-refractivity contribution in [3.63, 3.8) is 0 Å². The molecule has 1 aliphatic heterocycles. The summed E-state index contributed by atoms with van der Waals surface area (Å²) in [5.41, 5.74) is 9.50. The van der Waals surface area contributed by atoms with Gasteiger partial charge in [-0.05, 0) is 49.0 Å². The summed E-state index contributed by atoms with van der Waals surface area (Å²) in [5, 5.41) is 6.98. The number of piperidine rings is 1. The maximum atomic E-state index is 6.07. The van der Waals surface area contributed by atoms with Crippen LogP contribution >= 0.6 is 0 Å². The van der Waals surface area contributed by atoms with Gasteiger partial charge in [0.15, 0.2) is 0 Å². The molecular formula is C15H25N3. The number of nitrogens with two attached hydrogens (primary N) is 1. The third kappa shape index (κ3) is 3.16. The monoisotopic (exact) mass is 247 g/mol. The van der Waals surface area contributed by atoms with Gasteiger partial charge in [0.25, 0.3) is 0 Å². The minimum atomic E-state index is 0.165. The molecule has 0 amide bonds. The number of rotatable bonds is 2. The SMILES string of the molecule is CC(C)(C)c1ccc(N)c(NC2CCNCC2)c1. The van der Waals surface area contributed by atoms with Crippen molar-refractivity contribution in [1.82, 2.24) is 5.32 Å². The largest absolute Gasteiger partial charge is 0.397 e. The molecule has 0 aliphatic carbocycles. The van der Waals surface area contributed by atoms with Crippen molar-refractivity contribution in [2.45, 2.75) is 45.1 Å². The second-order valence-electron chi connectivity index (χ2n) is 6.22. The fourth-order valence-corrected chi connectivity index (χ4v) is 2.33. The summed E-state index contributed by atoms with van der Waals surface area (Å²) in [4.78, 5) is 0. The molecule has 0 unspecified atom stereocenters. The highest BCUT2D eigenvalue weighted by molar-refractivity contribution is 5.68. The molecule has 1 saturated heterocycles. The third-order valence-corrected chi connectivity index (χ3v) is 3.62. The molecule has 0 saturated carbocycles. The lowest BCUT2D eigenvalue weighted by Crippen LogP contribution is -2.35. The summed E-state index contributed by atoms with van der Waals surface area (Å²) in [6.45, 7) is 8.87. The molecule has 3 heteroatoms. The molecule has 0 radical (unpaired) electrons. The molecule has 0 bridgehead atoms. The van der Waals surface area contributed by atoms with Crippen LogP contribution in [0.15, 0.2) is 18.2 Å². The minimum Gasteiger partial charge on any atom is -0.397 e. The first-order chi connectivity index (χ1) is 8.47. The van der Waals surface area contributed by atoms with Crippen LogP contribution in [-0.4, -0.2) is 19.1 Å². The van der Waals surface area contributed by atoms with Crippen LogP contribution in [0.5, 0.6) is 0 Å². The highest BCUT2D eigenvalue weighted by Crippen LogP contribution is 2.29. The molecule has 18 heavy (non-hydrogen) atoms. The second-order valence-corrected chi connectivity index (χ2v) is 6.22. The Labute approximate surface area is 110 Å².